The minimum atomic E-state index is -0.220. The quantitative estimate of drug-likeness (QED) is 0.155. The molecule has 11 aromatic carbocycles. The Morgan fingerprint density at radius 3 is 0.863 bits per heavy atom. The van der Waals surface area contributed by atoms with Gasteiger partial charge in [0.25, 0.3) is 0 Å². The lowest BCUT2D eigenvalue weighted by molar-refractivity contribution is 0.532. The molecule has 7 heterocycles. The molecule has 7 aromatic heterocycles. The van der Waals surface area contributed by atoms with Crippen molar-refractivity contribution < 1.29 is 0 Å². The molecule has 0 radical (unpaired) electrons. The third kappa shape index (κ3) is 17.8. The average molecular weight is 1540 g/mol. The van der Waals surface area contributed by atoms with Crippen molar-refractivity contribution in [2.24, 2.45) is 0 Å². The zero-order valence-electron chi connectivity index (χ0n) is 71.0. The molecule has 0 aliphatic heterocycles. The van der Waals surface area contributed by atoms with Gasteiger partial charge in [-0.15, -0.1) is 0 Å². The molecule has 0 N–H and O–H groups in total. The van der Waals surface area contributed by atoms with Crippen LogP contribution >= 0.6 is 0 Å². The Kier molecular flexibility index (Phi) is 22.9. The van der Waals surface area contributed by atoms with Crippen molar-refractivity contribution in [2.75, 3.05) is 0 Å². The van der Waals surface area contributed by atoms with Crippen molar-refractivity contribution in [2.45, 2.75) is 157 Å². The van der Waals surface area contributed by atoms with E-state index in [4.69, 9.17) is 19.9 Å². The minimum absolute atomic E-state index is 0.0381. The topological polar surface area (TPSA) is 118 Å². The Morgan fingerprint density at radius 2 is 0.513 bits per heavy atom. The molecule has 117 heavy (non-hydrogen) atoms. The fourth-order valence-electron chi connectivity index (χ4n) is 14.6. The second kappa shape index (κ2) is 33.2. The van der Waals surface area contributed by atoms with Gasteiger partial charge in [0.1, 0.15) is 29.1 Å². The van der Waals surface area contributed by atoms with Gasteiger partial charge in [0, 0.05) is 102 Å². The molecule has 0 bridgehead atoms. The van der Waals surface area contributed by atoms with Gasteiger partial charge in [-0.1, -0.05) is 367 Å². The molecule has 0 fully saturated rings. The third-order valence-corrected chi connectivity index (χ3v) is 21.0. The highest BCUT2D eigenvalue weighted by molar-refractivity contribution is 6.11. The molecule has 11 nitrogen and oxygen atoms in total. The Bertz CT molecular complexity index is 6090. The maximum Gasteiger partial charge on any atom is 0.159 e. The van der Waals surface area contributed by atoms with E-state index in [-0.39, 0.29) is 32.5 Å². The van der Waals surface area contributed by atoms with Crippen LogP contribution in [0.2, 0.25) is 0 Å². The van der Waals surface area contributed by atoms with Crippen LogP contribution in [-0.2, 0) is 32.5 Å². The molecule has 18 aromatic rings. The molecule has 586 valence electrons. The van der Waals surface area contributed by atoms with E-state index in [0.29, 0.717) is 0 Å². The fourth-order valence-corrected chi connectivity index (χ4v) is 14.6. The predicted octanol–water partition coefficient (Wildman–Crippen LogP) is 27.3. The monoisotopic (exact) mass is 1530 g/mol. The molecule has 0 atom stereocenters. The first kappa shape index (κ1) is 80.7. The number of nitrogens with zero attached hydrogens (tertiary/aromatic N) is 11. The third-order valence-electron chi connectivity index (χ3n) is 21.0. The van der Waals surface area contributed by atoms with Gasteiger partial charge in [0.05, 0.1) is 50.2 Å². The van der Waals surface area contributed by atoms with Gasteiger partial charge in [-0.2, -0.15) is 0 Å². The van der Waals surface area contributed by atoms with E-state index in [1.807, 2.05) is 91.5 Å². The lowest BCUT2D eigenvalue weighted by Crippen LogP contribution is -2.19. The Morgan fingerprint density at radius 1 is 0.222 bits per heavy atom. The number of para-hydroxylation sites is 7. The summed E-state index contributed by atoms with van der Waals surface area (Å²) in [4.78, 5) is 37.5. The predicted molar refractivity (Wildman–Crippen MR) is 492 cm³/mol. The normalized spacial score (nSPS) is 12.0. The largest absolute Gasteiger partial charge is 0.309 e. The van der Waals surface area contributed by atoms with Crippen LogP contribution in [0.1, 0.15) is 159 Å². The average Bonchev–Trinajstić information content (AvgIpc) is 1.59. The Balaban J connectivity index is 0.000000126. The summed E-state index contributed by atoms with van der Waals surface area (Å²) in [6.07, 6.45) is 7.70. The van der Waals surface area contributed by atoms with Gasteiger partial charge in [0.15, 0.2) is 5.82 Å². The standard InChI is InChI=1S/C32H26N4.C28H25N.C20H20N2.C14H16N2.C12H20N2/c1-32(2,3)31-33-29(35-25-16-8-4-12-21(25)22-13-5-9-17-26(22)35)20-30(34-31)36-27-18-10-6-14-23(27)24-15-7-11-19-28(24)36;1-28(2,3)24-16-8-4-12-20(24)21-13-5-9-17-25(21)29-26-18-10-6-14-22(26)23-15-7-11-19-27(23)29;1-20(2,3)19-21-17(15-10-6-4-7-11-15)14-18(22-19)16-12-8-5-9-13-16;1-14(2,3)12-9-15-13(16-10-12)11-7-5-4-6-8-11;1-11(2,3)9-7-13-10(14-8-9)12(4,5)6/h4-20H,1-3H3;4-19H,1-3H3;4-14H,1-3H3;4-10H,1-3H3;7-8H,1-6H3. The molecular weight excluding hydrogens is 1430 g/mol. The van der Waals surface area contributed by atoms with Gasteiger partial charge in [0.2, 0.25) is 0 Å². The van der Waals surface area contributed by atoms with Crippen molar-refractivity contribution >= 4 is 65.4 Å². The van der Waals surface area contributed by atoms with Crippen LogP contribution in [0.5, 0.6) is 0 Å². The van der Waals surface area contributed by atoms with Gasteiger partial charge in [-0.05, 0) is 87.0 Å². The smallest absolute Gasteiger partial charge is 0.159 e. The molecular formula is C106H107N11. The molecule has 0 aliphatic carbocycles. The second-order valence-electron chi connectivity index (χ2n) is 36.2. The summed E-state index contributed by atoms with van der Waals surface area (Å²) in [6, 6.07) is 104. The van der Waals surface area contributed by atoms with Crippen molar-refractivity contribution in [3.63, 3.8) is 0 Å². The van der Waals surface area contributed by atoms with Crippen molar-refractivity contribution in [1.29, 1.82) is 0 Å². The first-order valence-electron chi connectivity index (χ1n) is 40.6. The summed E-state index contributed by atoms with van der Waals surface area (Å²) in [6.45, 7) is 39.2. The van der Waals surface area contributed by atoms with Crippen LogP contribution in [-0.4, -0.2) is 53.6 Å². The van der Waals surface area contributed by atoms with Gasteiger partial charge < -0.3 is 4.57 Å². The number of rotatable bonds is 7. The highest BCUT2D eigenvalue weighted by Crippen LogP contribution is 2.42. The van der Waals surface area contributed by atoms with Crippen LogP contribution in [0.15, 0.2) is 322 Å². The maximum absolute atomic E-state index is 5.16. The Hall–Kier alpha value is -12.9. The lowest BCUT2D eigenvalue weighted by Gasteiger charge is -2.24. The molecule has 18 rings (SSSR count). The summed E-state index contributed by atoms with van der Waals surface area (Å²) in [5.74, 6) is 5.14. The number of benzene rings is 11. The molecule has 0 unspecified atom stereocenters. The minimum Gasteiger partial charge on any atom is -0.309 e. The zero-order chi connectivity index (χ0) is 82.6. The van der Waals surface area contributed by atoms with Gasteiger partial charge in [-0.25, -0.2) is 39.9 Å². The van der Waals surface area contributed by atoms with Crippen molar-refractivity contribution in [1.82, 2.24) is 53.6 Å². The Labute approximate surface area is 690 Å². The van der Waals surface area contributed by atoms with Crippen molar-refractivity contribution in [3.8, 4) is 62.4 Å². The summed E-state index contributed by atoms with van der Waals surface area (Å²) in [5.41, 5.74) is 19.9. The molecule has 0 amide bonds. The molecule has 0 aliphatic rings. The summed E-state index contributed by atoms with van der Waals surface area (Å²) < 4.78 is 6.97. The fraction of sp³-hybridized carbons (Fsp3) is 0.226. The van der Waals surface area contributed by atoms with E-state index < -0.39 is 0 Å². The zero-order valence-corrected chi connectivity index (χ0v) is 71.0. The van der Waals surface area contributed by atoms with E-state index in [2.05, 4.69) is 389 Å². The van der Waals surface area contributed by atoms with Crippen LogP contribution in [0, 0.1) is 0 Å². The summed E-state index contributed by atoms with van der Waals surface area (Å²) >= 11 is 0. The highest BCUT2D eigenvalue weighted by atomic mass is 15.2. The number of hydrogen-bond acceptors (Lipinski definition) is 8. The van der Waals surface area contributed by atoms with E-state index in [9.17, 15) is 0 Å². The van der Waals surface area contributed by atoms with Crippen LogP contribution < -0.4 is 0 Å². The SMILES string of the molecule is CC(C)(C)c1ccccc1-c1ccccc1-n1c2ccccc2c2ccccc21.CC(C)(C)c1cnc(-c2ccccc2)nc1.CC(C)(C)c1cnc(C(C)(C)C)nc1.CC(C)(C)c1nc(-c2ccccc2)cc(-c2ccccc2)n1.CC(C)(C)c1nc(-n2c3ccccc3c3ccccc32)cc(-n2c3ccccc3c3ccccc32)n1. The highest BCUT2D eigenvalue weighted by Gasteiger charge is 2.27. The first-order chi connectivity index (χ1) is 55.9. The molecule has 0 saturated carbocycles. The summed E-state index contributed by atoms with van der Waals surface area (Å²) in [7, 11) is 0. The van der Waals surface area contributed by atoms with Crippen molar-refractivity contribution in [3.05, 3.63) is 356 Å². The van der Waals surface area contributed by atoms with E-state index in [0.717, 1.165) is 90.6 Å². The van der Waals surface area contributed by atoms with E-state index >= 15 is 0 Å². The summed E-state index contributed by atoms with van der Waals surface area (Å²) in [5, 5.41) is 7.48. The first-order valence-corrected chi connectivity index (χ1v) is 40.6. The second-order valence-corrected chi connectivity index (χ2v) is 36.2. The molecule has 11 heteroatoms. The van der Waals surface area contributed by atoms with Gasteiger partial charge >= 0.3 is 0 Å². The van der Waals surface area contributed by atoms with E-state index in [1.165, 1.54) is 71.3 Å². The number of fused-ring (bicyclic) bond motifs is 9. The molecule has 0 saturated heterocycles. The maximum atomic E-state index is 5.16. The van der Waals surface area contributed by atoms with Crippen LogP contribution in [0.3, 0.4) is 0 Å². The lowest BCUT2D eigenvalue weighted by atomic mass is 9.81. The number of hydrogen-bond donors (Lipinski definition) is 0. The van der Waals surface area contributed by atoms with E-state index in [1.54, 1.807) is 0 Å². The molecule has 0 spiro atoms. The van der Waals surface area contributed by atoms with Crippen LogP contribution in [0.25, 0.3) is 128 Å². The van der Waals surface area contributed by atoms with Gasteiger partial charge in [-0.3, -0.25) is 9.13 Å². The number of aromatic nitrogens is 11. The van der Waals surface area contributed by atoms with Crippen LogP contribution in [0.4, 0.5) is 0 Å².